The molecule has 0 spiro atoms. The van der Waals surface area contributed by atoms with Crippen molar-refractivity contribution in [3.8, 4) is 0 Å². The summed E-state index contributed by atoms with van der Waals surface area (Å²) in [5.41, 5.74) is 2.19. The fourth-order valence-corrected chi connectivity index (χ4v) is 4.85. The molecule has 0 fully saturated rings. The van der Waals surface area contributed by atoms with Crippen LogP contribution >= 0.6 is 15.9 Å². The Bertz CT molecular complexity index is 1130. The van der Waals surface area contributed by atoms with Gasteiger partial charge in [-0.15, -0.1) is 0 Å². The summed E-state index contributed by atoms with van der Waals surface area (Å²) in [4.78, 5) is 27.7. The molecule has 2 rings (SSSR count). The molecule has 0 aliphatic heterocycles. The second kappa shape index (κ2) is 12.0. The number of nitrogens with zero attached hydrogens (tertiary/aromatic N) is 2. The van der Waals surface area contributed by atoms with Crippen molar-refractivity contribution >= 4 is 43.5 Å². The molecule has 2 amide bonds. The molecular formula is C26H36BrN3O4S. The predicted molar refractivity (Wildman–Crippen MR) is 145 cm³/mol. The van der Waals surface area contributed by atoms with Gasteiger partial charge in [0.1, 0.15) is 12.6 Å². The molecule has 0 aliphatic rings. The van der Waals surface area contributed by atoms with E-state index < -0.39 is 28.5 Å². The molecule has 35 heavy (non-hydrogen) atoms. The molecule has 0 bridgehead atoms. The molecular weight excluding hydrogens is 530 g/mol. The Balaban J connectivity index is 2.38. The summed E-state index contributed by atoms with van der Waals surface area (Å²) in [5.74, 6) is -0.745. The lowest BCUT2D eigenvalue weighted by Gasteiger charge is -2.31. The summed E-state index contributed by atoms with van der Waals surface area (Å²) in [6, 6.07) is 13.9. The molecule has 0 aromatic heterocycles. The summed E-state index contributed by atoms with van der Waals surface area (Å²) in [6.07, 6.45) is 1.85. The fourth-order valence-electron chi connectivity index (χ4n) is 3.55. The Morgan fingerprint density at radius 2 is 1.71 bits per heavy atom. The van der Waals surface area contributed by atoms with E-state index in [1.807, 2.05) is 43.3 Å². The van der Waals surface area contributed by atoms with Crippen molar-refractivity contribution in [1.29, 1.82) is 0 Å². The predicted octanol–water partition coefficient (Wildman–Crippen LogP) is 4.46. The van der Waals surface area contributed by atoms with Gasteiger partial charge in [0.2, 0.25) is 21.8 Å². The van der Waals surface area contributed by atoms with E-state index in [1.54, 1.807) is 19.1 Å². The first-order valence-corrected chi connectivity index (χ1v) is 14.3. The molecule has 2 aromatic rings. The molecule has 1 atom stereocenters. The van der Waals surface area contributed by atoms with Crippen LogP contribution in [0.3, 0.4) is 0 Å². The highest BCUT2D eigenvalue weighted by Crippen LogP contribution is 2.26. The third-order valence-corrected chi connectivity index (χ3v) is 7.29. The first kappa shape index (κ1) is 28.8. The molecule has 7 nitrogen and oxygen atoms in total. The van der Waals surface area contributed by atoms with E-state index in [9.17, 15) is 18.0 Å². The summed E-state index contributed by atoms with van der Waals surface area (Å²) in [7, 11) is -3.76. The lowest BCUT2D eigenvalue weighted by atomic mass is 9.87. The zero-order valence-electron chi connectivity index (χ0n) is 21.3. The van der Waals surface area contributed by atoms with Gasteiger partial charge < -0.3 is 10.2 Å². The van der Waals surface area contributed by atoms with Gasteiger partial charge in [-0.25, -0.2) is 8.42 Å². The number of halogens is 1. The average Bonchev–Trinajstić information content (AvgIpc) is 2.77. The minimum Gasteiger partial charge on any atom is -0.354 e. The smallest absolute Gasteiger partial charge is 0.244 e. The lowest BCUT2D eigenvalue weighted by Crippen LogP contribution is -2.51. The summed E-state index contributed by atoms with van der Waals surface area (Å²) in [6.45, 7) is 10.1. The maximum Gasteiger partial charge on any atom is 0.244 e. The molecule has 9 heteroatoms. The Morgan fingerprint density at radius 3 is 2.23 bits per heavy atom. The van der Waals surface area contributed by atoms with Gasteiger partial charge in [0.05, 0.1) is 11.9 Å². The van der Waals surface area contributed by atoms with Crippen LogP contribution in [0.25, 0.3) is 0 Å². The van der Waals surface area contributed by atoms with Crippen LogP contribution in [-0.4, -0.2) is 50.5 Å². The van der Waals surface area contributed by atoms with Gasteiger partial charge in [0, 0.05) is 17.6 Å². The van der Waals surface area contributed by atoms with E-state index in [0.29, 0.717) is 12.2 Å². The van der Waals surface area contributed by atoms with Crippen molar-refractivity contribution in [3.63, 3.8) is 0 Å². The first-order chi connectivity index (χ1) is 16.2. The number of carbonyl (C=O) groups is 2. The molecule has 0 heterocycles. The fraction of sp³-hybridized carbons (Fsp3) is 0.462. The number of anilines is 1. The minimum absolute atomic E-state index is 0.0910. The second-order valence-corrected chi connectivity index (χ2v) is 12.5. The van der Waals surface area contributed by atoms with Crippen molar-refractivity contribution in [2.75, 3.05) is 23.7 Å². The van der Waals surface area contributed by atoms with Gasteiger partial charge in [-0.05, 0) is 54.2 Å². The van der Waals surface area contributed by atoms with E-state index in [2.05, 4.69) is 42.0 Å². The molecule has 0 radical (unpaired) electrons. The molecule has 0 aliphatic carbocycles. The van der Waals surface area contributed by atoms with Crippen molar-refractivity contribution in [2.24, 2.45) is 0 Å². The number of sulfonamides is 1. The Kier molecular flexibility index (Phi) is 9.92. The van der Waals surface area contributed by atoms with Crippen LogP contribution in [-0.2, 0) is 31.6 Å². The van der Waals surface area contributed by atoms with Crippen LogP contribution < -0.4 is 9.62 Å². The van der Waals surface area contributed by atoms with Gasteiger partial charge in [0.25, 0.3) is 0 Å². The topological polar surface area (TPSA) is 86.8 Å². The molecule has 1 N–H and O–H groups in total. The third-order valence-electron chi connectivity index (χ3n) is 5.66. The molecule has 0 unspecified atom stereocenters. The highest BCUT2D eigenvalue weighted by atomic mass is 79.9. The number of hydrogen-bond donors (Lipinski definition) is 1. The van der Waals surface area contributed by atoms with Gasteiger partial charge in [-0.1, -0.05) is 67.9 Å². The van der Waals surface area contributed by atoms with Gasteiger partial charge in [0.15, 0.2) is 0 Å². The molecule has 0 saturated carbocycles. The van der Waals surface area contributed by atoms with Gasteiger partial charge in [-0.2, -0.15) is 0 Å². The van der Waals surface area contributed by atoms with E-state index in [-0.39, 0.29) is 17.9 Å². The molecule has 0 saturated heterocycles. The van der Waals surface area contributed by atoms with Crippen LogP contribution in [0, 0.1) is 0 Å². The molecule has 2 aromatic carbocycles. The van der Waals surface area contributed by atoms with E-state index in [0.717, 1.165) is 32.6 Å². The summed E-state index contributed by atoms with van der Waals surface area (Å²) < 4.78 is 27.3. The zero-order chi connectivity index (χ0) is 26.4. The third kappa shape index (κ3) is 8.35. The van der Waals surface area contributed by atoms with E-state index in [1.165, 1.54) is 4.90 Å². The second-order valence-electron chi connectivity index (χ2n) is 9.69. The van der Waals surface area contributed by atoms with E-state index >= 15 is 0 Å². The number of carbonyl (C=O) groups excluding carboxylic acids is 2. The van der Waals surface area contributed by atoms with Crippen molar-refractivity contribution < 1.29 is 18.0 Å². The first-order valence-electron chi connectivity index (χ1n) is 11.6. The van der Waals surface area contributed by atoms with Crippen molar-refractivity contribution in [2.45, 2.75) is 59.0 Å². The maximum atomic E-state index is 13.5. The summed E-state index contributed by atoms with van der Waals surface area (Å²) >= 11 is 3.44. The monoisotopic (exact) mass is 565 g/mol. The number of rotatable bonds is 10. The Labute approximate surface area is 218 Å². The van der Waals surface area contributed by atoms with Crippen molar-refractivity contribution in [1.82, 2.24) is 10.2 Å². The zero-order valence-corrected chi connectivity index (χ0v) is 23.7. The van der Waals surface area contributed by atoms with Crippen LogP contribution in [0.4, 0.5) is 5.69 Å². The van der Waals surface area contributed by atoms with Crippen LogP contribution in [0.15, 0.2) is 53.0 Å². The normalized spacial score (nSPS) is 12.7. The van der Waals surface area contributed by atoms with Crippen molar-refractivity contribution in [3.05, 3.63) is 64.1 Å². The quantitative estimate of drug-likeness (QED) is 0.460. The average molecular weight is 567 g/mol. The summed E-state index contributed by atoms with van der Waals surface area (Å²) in [5, 5.41) is 2.83. The molecule has 192 valence electrons. The number of nitrogens with one attached hydrogen (secondary N) is 1. The highest BCUT2D eigenvalue weighted by molar-refractivity contribution is 9.10. The van der Waals surface area contributed by atoms with Gasteiger partial charge in [-0.3, -0.25) is 13.9 Å². The number of amides is 2. The Morgan fingerprint density at radius 1 is 1.09 bits per heavy atom. The standard InChI is InChI=1S/C26H36BrN3O4S/c1-7-15-28-25(32)19(2)29(17-20-9-8-10-22(27)16-20)24(31)18-30(35(6,33)34)23-13-11-21(12-14-23)26(3,4)5/h8-14,16,19H,7,15,17-18H2,1-6H3,(H,28,32)/t19-/m0/s1. The number of hydrogen-bond acceptors (Lipinski definition) is 4. The largest absolute Gasteiger partial charge is 0.354 e. The Hall–Kier alpha value is -2.39. The maximum absolute atomic E-state index is 13.5. The van der Waals surface area contributed by atoms with E-state index in [4.69, 9.17) is 0 Å². The number of benzene rings is 2. The SMILES string of the molecule is CCCNC(=O)[C@H](C)N(Cc1cccc(Br)c1)C(=O)CN(c1ccc(C(C)(C)C)cc1)S(C)(=O)=O. The lowest BCUT2D eigenvalue weighted by molar-refractivity contribution is -0.139. The van der Waals surface area contributed by atoms with Crippen LogP contribution in [0.2, 0.25) is 0 Å². The highest BCUT2D eigenvalue weighted by Gasteiger charge is 2.30. The van der Waals surface area contributed by atoms with Crippen LogP contribution in [0.5, 0.6) is 0 Å². The van der Waals surface area contributed by atoms with Gasteiger partial charge >= 0.3 is 0 Å². The van der Waals surface area contributed by atoms with Crippen LogP contribution in [0.1, 0.15) is 52.2 Å². The minimum atomic E-state index is -3.76.